The Balaban J connectivity index is 1.69. The summed E-state index contributed by atoms with van der Waals surface area (Å²) in [6.07, 6.45) is 0. The summed E-state index contributed by atoms with van der Waals surface area (Å²) in [5.74, 6) is -0.560. The van der Waals surface area contributed by atoms with Gasteiger partial charge in [0.1, 0.15) is 0 Å². The largest absolute Gasteiger partial charge is 0.366 e. The molecule has 0 atom stereocenters. The molecule has 3 N–H and O–H groups in total. The van der Waals surface area contributed by atoms with Crippen molar-refractivity contribution in [2.24, 2.45) is 5.73 Å². The van der Waals surface area contributed by atoms with Crippen LogP contribution in [0.25, 0.3) is 32.9 Å². The van der Waals surface area contributed by atoms with Gasteiger partial charge in [-0.25, -0.2) is 0 Å². The van der Waals surface area contributed by atoms with Gasteiger partial charge in [-0.05, 0) is 59.2 Å². The number of anilines is 1. The summed E-state index contributed by atoms with van der Waals surface area (Å²) in [4.78, 5) is 23.6. The predicted molar refractivity (Wildman–Crippen MR) is 138 cm³/mol. The fourth-order valence-corrected chi connectivity index (χ4v) is 4.55. The van der Waals surface area contributed by atoms with E-state index in [1.165, 1.54) is 6.92 Å². The molecule has 0 unspecified atom stereocenters. The molecule has 6 heteroatoms. The Morgan fingerprint density at radius 1 is 0.882 bits per heavy atom. The summed E-state index contributed by atoms with van der Waals surface area (Å²) in [5.41, 5.74) is 12.1. The highest BCUT2D eigenvalue weighted by Gasteiger charge is 2.17. The van der Waals surface area contributed by atoms with Gasteiger partial charge >= 0.3 is 0 Å². The molecule has 34 heavy (non-hydrogen) atoms. The Morgan fingerprint density at radius 2 is 1.59 bits per heavy atom. The number of primary amides is 1. The van der Waals surface area contributed by atoms with Crippen LogP contribution in [0.15, 0.2) is 84.9 Å². The second kappa shape index (κ2) is 8.69. The number of fused-ring (bicyclic) bond motifs is 3. The molecule has 2 amide bonds. The molecule has 5 nitrogen and oxygen atoms in total. The second-order valence-electron chi connectivity index (χ2n) is 8.27. The molecule has 0 aliphatic rings. The number of hydrogen-bond acceptors (Lipinski definition) is 2. The van der Waals surface area contributed by atoms with Crippen LogP contribution >= 0.6 is 11.6 Å². The maximum Gasteiger partial charge on any atom is 0.249 e. The molecule has 0 spiro atoms. The predicted octanol–water partition coefficient (Wildman–Crippen LogP) is 6.22. The molecule has 0 fully saturated rings. The first-order valence-corrected chi connectivity index (χ1v) is 11.3. The second-order valence-corrected chi connectivity index (χ2v) is 8.70. The van der Waals surface area contributed by atoms with Crippen molar-refractivity contribution in [1.29, 1.82) is 0 Å². The van der Waals surface area contributed by atoms with Crippen molar-refractivity contribution >= 4 is 50.9 Å². The number of nitrogens with zero attached hydrogens (tertiary/aromatic N) is 1. The van der Waals surface area contributed by atoms with Gasteiger partial charge in [0.25, 0.3) is 0 Å². The zero-order valence-corrected chi connectivity index (χ0v) is 19.3. The molecule has 0 bridgehead atoms. The molecule has 0 radical (unpaired) electrons. The number of carbonyl (C=O) groups is 2. The smallest absolute Gasteiger partial charge is 0.249 e. The van der Waals surface area contributed by atoms with Gasteiger partial charge in [0.05, 0.1) is 11.0 Å². The van der Waals surface area contributed by atoms with Crippen LogP contribution in [0.5, 0.6) is 0 Å². The molecular formula is C28H22ClN3O2. The normalized spacial score (nSPS) is 11.1. The van der Waals surface area contributed by atoms with Gasteiger partial charge in [0, 0.05) is 40.5 Å². The third kappa shape index (κ3) is 4.02. The Bertz CT molecular complexity index is 1550. The highest BCUT2D eigenvalue weighted by Crippen LogP contribution is 2.35. The minimum Gasteiger partial charge on any atom is -0.366 e. The third-order valence-corrected chi connectivity index (χ3v) is 6.20. The number of aromatic nitrogens is 1. The first-order valence-electron chi connectivity index (χ1n) is 10.9. The molecule has 0 saturated carbocycles. The van der Waals surface area contributed by atoms with Crippen LogP contribution in [0.4, 0.5) is 5.69 Å². The van der Waals surface area contributed by atoms with Crippen molar-refractivity contribution in [1.82, 2.24) is 4.57 Å². The molecule has 5 aromatic rings. The van der Waals surface area contributed by atoms with Crippen molar-refractivity contribution in [2.45, 2.75) is 13.5 Å². The number of nitrogens with two attached hydrogens (primary N) is 1. The molecule has 4 aromatic carbocycles. The third-order valence-electron chi connectivity index (χ3n) is 5.95. The highest BCUT2D eigenvalue weighted by atomic mass is 35.5. The summed E-state index contributed by atoms with van der Waals surface area (Å²) in [6.45, 7) is 2.08. The van der Waals surface area contributed by atoms with E-state index < -0.39 is 5.91 Å². The lowest BCUT2D eigenvalue weighted by molar-refractivity contribution is -0.114. The standard InChI is InChI=1S/C28H22ClN3O2/c1-17(33)31-22-12-5-18(6-13-22)16-32-25-4-2-3-24(28(30)34)27(25)23-14-9-20(15-26(23)32)19-7-10-21(29)11-8-19/h2-15H,16H2,1H3,(H2,30,34)(H,31,33). The number of carbonyl (C=O) groups excluding carboxylic acids is 2. The van der Waals surface area contributed by atoms with Crippen LogP contribution in [0.3, 0.4) is 0 Å². The Morgan fingerprint density at radius 3 is 2.26 bits per heavy atom. The molecule has 0 saturated heterocycles. The molecule has 1 aromatic heterocycles. The highest BCUT2D eigenvalue weighted by molar-refractivity contribution is 6.30. The topological polar surface area (TPSA) is 77.1 Å². The van der Waals surface area contributed by atoms with E-state index in [2.05, 4.69) is 22.0 Å². The first-order chi connectivity index (χ1) is 16.4. The zero-order valence-electron chi connectivity index (χ0n) is 18.5. The van der Waals surface area contributed by atoms with E-state index in [-0.39, 0.29) is 5.91 Å². The van der Waals surface area contributed by atoms with E-state index in [1.54, 1.807) is 6.07 Å². The maximum atomic E-state index is 12.2. The lowest BCUT2D eigenvalue weighted by Gasteiger charge is -2.10. The van der Waals surface area contributed by atoms with Crippen LogP contribution in [-0.2, 0) is 11.3 Å². The van der Waals surface area contributed by atoms with Crippen molar-refractivity contribution in [3.05, 3.63) is 101 Å². The van der Waals surface area contributed by atoms with Crippen molar-refractivity contribution < 1.29 is 9.59 Å². The lowest BCUT2D eigenvalue weighted by Crippen LogP contribution is -2.11. The van der Waals surface area contributed by atoms with E-state index in [4.69, 9.17) is 17.3 Å². The van der Waals surface area contributed by atoms with Gasteiger partial charge in [-0.15, -0.1) is 0 Å². The molecule has 0 aliphatic heterocycles. The zero-order chi connectivity index (χ0) is 23.8. The fourth-order valence-electron chi connectivity index (χ4n) is 4.42. The van der Waals surface area contributed by atoms with Crippen molar-refractivity contribution in [2.75, 3.05) is 5.32 Å². The van der Waals surface area contributed by atoms with Gasteiger partial charge < -0.3 is 15.6 Å². The van der Waals surface area contributed by atoms with Crippen molar-refractivity contribution in [3.63, 3.8) is 0 Å². The van der Waals surface area contributed by atoms with Crippen LogP contribution < -0.4 is 11.1 Å². The molecule has 0 aliphatic carbocycles. The van der Waals surface area contributed by atoms with E-state index in [0.717, 1.165) is 44.2 Å². The summed E-state index contributed by atoms with van der Waals surface area (Å²) in [7, 11) is 0. The Hall–Kier alpha value is -4.09. The molecule has 5 rings (SSSR count). The average molecular weight is 468 g/mol. The van der Waals surface area contributed by atoms with E-state index in [0.29, 0.717) is 17.1 Å². The Kier molecular flexibility index (Phi) is 5.56. The van der Waals surface area contributed by atoms with Gasteiger partial charge in [-0.2, -0.15) is 0 Å². The van der Waals surface area contributed by atoms with Gasteiger partial charge in [-0.1, -0.05) is 54.1 Å². The maximum absolute atomic E-state index is 12.2. The monoisotopic (exact) mass is 467 g/mol. The van der Waals surface area contributed by atoms with Crippen LogP contribution in [0.2, 0.25) is 5.02 Å². The summed E-state index contributed by atoms with van der Waals surface area (Å²) >= 11 is 6.08. The fraction of sp³-hybridized carbons (Fsp3) is 0.0714. The van der Waals surface area contributed by atoms with Crippen LogP contribution in [0, 0.1) is 0 Å². The summed E-state index contributed by atoms with van der Waals surface area (Å²) in [5, 5.41) is 5.30. The molecule has 168 valence electrons. The van der Waals surface area contributed by atoms with Crippen LogP contribution in [-0.4, -0.2) is 16.4 Å². The molecular weight excluding hydrogens is 446 g/mol. The van der Waals surface area contributed by atoms with Crippen LogP contribution in [0.1, 0.15) is 22.8 Å². The van der Waals surface area contributed by atoms with Gasteiger partial charge in [0.15, 0.2) is 0 Å². The minimum absolute atomic E-state index is 0.108. The lowest BCUT2D eigenvalue weighted by atomic mass is 10.0. The number of hydrogen-bond donors (Lipinski definition) is 2. The SMILES string of the molecule is CC(=O)Nc1ccc(Cn2c3cc(-c4ccc(Cl)cc4)ccc3c3c(C(N)=O)cccc32)cc1. The van der Waals surface area contributed by atoms with E-state index in [1.807, 2.05) is 66.7 Å². The van der Waals surface area contributed by atoms with Crippen molar-refractivity contribution in [3.8, 4) is 11.1 Å². The first kappa shape index (κ1) is 21.7. The number of amides is 2. The number of halogens is 1. The number of nitrogens with one attached hydrogen (secondary N) is 1. The average Bonchev–Trinajstić information content (AvgIpc) is 3.13. The number of rotatable bonds is 5. The van der Waals surface area contributed by atoms with Gasteiger partial charge in [-0.3, -0.25) is 9.59 Å². The number of benzene rings is 4. The quantitative estimate of drug-likeness (QED) is 0.322. The summed E-state index contributed by atoms with van der Waals surface area (Å²) < 4.78 is 2.20. The minimum atomic E-state index is -0.453. The summed E-state index contributed by atoms with van der Waals surface area (Å²) in [6, 6.07) is 27.4. The van der Waals surface area contributed by atoms with E-state index in [9.17, 15) is 9.59 Å². The Labute approximate surface area is 201 Å². The molecule has 1 heterocycles. The van der Waals surface area contributed by atoms with E-state index >= 15 is 0 Å². The van der Waals surface area contributed by atoms with Gasteiger partial charge in [0.2, 0.25) is 11.8 Å².